The molecule has 1 atom stereocenters. The number of ketones is 1. The highest BCUT2D eigenvalue weighted by Gasteiger charge is 2.36. The average Bonchev–Trinajstić information content (AvgIpc) is 2.65. The molecular formula is C20H36N2O4Si. The van der Waals surface area contributed by atoms with Crippen LogP contribution in [0.25, 0.3) is 5.53 Å². The number of hydrogen-bond acceptors (Lipinski definition) is 3. The van der Waals surface area contributed by atoms with E-state index in [1.165, 1.54) is 19.3 Å². The summed E-state index contributed by atoms with van der Waals surface area (Å²) < 4.78 is 6.43. The first kappa shape index (κ1) is 25.4. The lowest BCUT2D eigenvalue weighted by atomic mass is 10.0. The third kappa shape index (κ3) is 9.80. The van der Waals surface area contributed by atoms with Crippen molar-refractivity contribution in [1.82, 2.24) is 0 Å². The lowest BCUT2D eigenvalue weighted by Gasteiger charge is -2.33. The highest BCUT2D eigenvalue weighted by atomic mass is 28.4. The summed E-state index contributed by atoms with van der Waals surface area (Å²) in [5.41, 5.74) is 7.99. The Kier molecular flexibility index (Phi) is 13.7. The molecule has 0 fully saturated rings. The van der Waals surface area contributed by atoms with Gasteiger partial charge in [-0.2, -0.15) is 4.79 Å². The van der Waals surface area contributed by atoms with Gasteiger partial charge in [0, 0.05) is 6.42 Å². The smallest absolute Gasteiger partial charge is 0.441 e. The van der Waals surface area contributed by atoms with Crippen molar-refractivity contribution in [1.29, 1.82) is 0 Å². The highest BCUT2D eigenvalue weighted by Crippen LogP contribution is 2.26. The molecule has 0 aliphatic heterocycles. The van der Waals surface area contributed by atoms with Crippen molar-refractivity contribution in [2.24, 2.45) is 0 Å². The Hall–Kier alpha value is -1.56. The molecule has 0 aromatic rings. The topological polar surface area (TPSA) is 100 Å². The van der Waals surface area contributed by atoms with Gasteiger partial charge in [-0.3, -0.25) is 4.79 Å². The number of allylic oxidation sites excluding steroid dienone is 2. The number of carbonyl (C=O) groups is 2. The molecule has 0 bridgehead atoms. The van der Waals surface area contributed by atoms with Gasteiger partial charge >= 0.3 is 11.7 Å². The van der Waals surface area contributed by atoms with Gasteiger partial charge in [0.1, 0.15) is 0 Å². The number of hydrogen-bond donors (Lipinski definition) is 1. The summed E-state index contributed by atoms with van der Waals surface area (Å²) in [6.45, 7) is 8.52. The van der Waals surface area contributed by atoms with E-state index in [1.54, 1.807) is 0 Å². The fourth-order valence-electron chi connectivity index (χ4n) is 3.11. The molecular weight excluding hydrogens is 360 g/mol. The van der Waals surface area contributed by atoms with Gasteiger partial charge in [0.2, 0.25) is 0 Å². The lowest BCUT2D eigenvalue weighted by Crippen LogP contribution is -2.41. The molecule has 0 saturated heterocycles. The molecule has 0 radical (unpaired) electrons. The summed E-state index contributed by atoms with van der Waals surface area (Å²) in [6.07, 6.45) is 9.95. The number of unbranched alkanes of at least 4 members (excludes halogenated alkanes) is 3. The van der Waals surface area contributed by atoms with Gasteiger partial charge in [0.25, 0.3) is 5.78 Å². The Morgan fingerprint density at radius 2 is 1.67 bits per heavy atom. The van der Waals surface area contributed by atoms with Gasteiger partial charge in [-0.1, -0.05) is 52.7 Å². The SMILES string of the molecule is CCCCCC=CCCC(CC(=O)C(=[N+]=[N-])C(=O)O)O[Si](CC)(CC)CC. The Labute approximate surface area is 164 Å². The van der Waals surface area contributed by atoms with Crippen LogP contribution in [0.2, 0.25) is 18.1 Å². The van der Waals surface area contributed by atoms with Crippen LogP contribution in [0.4, 0.5) is 0 Å². The second-order valence-electron chi connectivity index (χ2n) is 6.91. The van der Waals surface area contributed by atoms with Crippen LogP contribution in [-0.4, -0.2) is 41.8 Å². The number of carbonyl (C=O) groups excluding carboxylic acids is 1. The summed E-state index contributed by atoms with van der Waals surface area (Å²) in [6, 6.07) is 2.87. The third-order valence-electron chi connectivity index (χ3n) is 5.13. The van der Waals surface area contributed by atoms with E-state index in [1.807, 2.05) is 0 Å². The molecule has 0 rings (SSSR count). The van der Waals surface area contributed by atoms with Crippen LogP contribution in [0.1, 0.15) is 72.6 Å². The fourth-order valence-corrected chi connectivity index (χ4v) is 6.02. The molecule has 0 aliphatic carbocycles. The first-order valence-electron chi connectivity index (χ1n) is 10.2. The number of aliphatic carboxylic acids is 1. The summed E-state index contributed by atoms with van der Waals surface area (Å²) in [4.78, 5) is 25.9. The number of carboxylic acid groups (broad SMARTS) is 1. The molecule has 0 aliphatic rings. The summed E-state index contributed by atoms with van der Waals surface area (Å²) in [5, 5.41) is 8.99. The monoisotopic (exact) mass is 396 g/mol. The Morgan fingerprint density at radius 3 is 2.15 bits per heavy atom. The predicted molar refractivity (Wildman–Crippen MR) is 110 cm³/mol. The van der Waals surface area contributed by atoms with E-state index in [0.717, 1.165) is 31.0 Å². The number of carboxylic acids is 1. The molecule has 0 aromatic carbocycles. The largest absolute Gasteiger partial charge is 0.472 e. The van der Waals surface area contributed by atoms with Crippen LogP contribution < -0.4 is 0 Å². The molecule has 1 N–H and O–H groups in total. The second kappa shape index (κ2) is 14.5. The third-order valence-corrected chi connectivity index (χ3v) is 9.83. The molecule has 27 heavy (non-hydrogen) atoms. The van der Waals surface area contributed by atoms with E-state index < -0.39 is 25.8 Å². The molecule has 1 unspecified atom stereocenters. The van der Waals surface area contributed by atoms with E-state index >= 15 is 0 Å². The van der Waals surface area contributed by atoms with Gasteiger partial charge < -0.3 is 15.1 Å². The molecule has 154 valence electrons. The van der Waals surface area contributed by atoms with E-state index in [0.29, 0.717) is 6.42 Å². The first-order valence-corrected chi connectivity index (χ1v) is 12.7. The van der Waals surface area contributed by atoms with E-state index in [9.17, 15) is 9.59 Å². The van der Waals surface area contributed by atoms with Crippen LogP contribution in [0.5, 0.6) is 0 Å². The summed E-state index contributed by atoms with van der Waals surface area (Å²) in [5.74, 6) is -2.20. The zero-order chi connectivity index (χ0) is 20.7. The van der Waals surface area contributed by atoms with E-state index in [-0.39, 0.29) is 12.5 Å². The quantitative estimate of drug-likeness (QED) is 0.0754. The normalized spacial score (nSPS) is 12.7. The number of nitrogens with zero attached hydrogens (tertiary/aromatic N) is 2. The molecule has 0 aromatic heterocycles. The van der Waals surface area contributed by atoms with Crippen LogP contribution in [-0.2, 0) is 14.0 Å². The van der Waals surface area contributed by atoms with Crippen molar-refractivity contribution in [2.75, 3.05) is 0 Å². The minimum atomic E-state index is -1.93. The molecule has 0 spiro atoms. The summed E-state index contributed by atoms with van der Waals surface area (Å²) in [7, 11) is -1.93. The van der Waals surface area contributed by atoms with Crippen LogP contribution in [0, 0.1) is 0 Å². The maximum Gasteiger partial charge on any atom is 0.441 e. The maximum absolute atomic E-state index is 12.2. The van der Waals surface area contributed by atoms with Gasteiger partial charge in [-0.15, -0.1) is 0 Å². The molecule has 6 nitrogen and oxygen atoms in total. The zero-order valence-corrected chi connectivity index (χ0v) is 18.4. The van der Waals surface area contributed by atoms with Crippen molar-refractivity contribution >= 4 is 25.8 Å². The van der Waals surface area contributed by atoms with Crippen molar-refractivity contribution in [3.63, 3.8) is 0 Å². The average molecular weight is 397 g/mol. The standard InChI is InChI=1S/C20H36N2O4Si/c1-5-9-10-11-12-13-14-15-17(26-27(6-2,7-3)8-4)16-18(23)19(22-21)20(24)25/h12-13,17H,5-11,14-16H2,1-4H3,(H,24,25). The minimum Gasteiger partial charge on any atom is -0.472 e. The van der Waals surface area contributed by atoms with Gasteiger partial charge in [0.05, 0.1) is 6.10 Å². The zero-order valence-electron chi connectivity index (χ0n) is 17.4. The Balaban J connectivity index is 5.02. The van der Waals surface area contributed by atoms with Crippen molar-refractivity contribution in [2.45, 2.75) is 96.9 Å². The van der Waals surface area contributed by atoms with E-state index in [4.69, 9.17) is 15.1 Å². The minimum absolute atomic E-state index is 0.0654. The van der Waals surface area contributed by atoms with Crippen molar-refractivity contribution in [3.05, 3.63) is 17.7 Å². The van der Waals surface area contributed by atoms with Crippen molar-refractivity contribution < 1.29 is 23.9 Å². The molecule has 0 saturated carbocycles. The molecule has 7 heteroatoms. The molecule has 0 heterocycles. The molecule has 0 amide bonds. The van der Waals surface area contributed by atoms with Gasteiger partial charge in [-0.25, -0.2) is 4.79 Å². The van der Waals surface area contributed by atoms with Crippen molar-refractivity contribution in [3.8, 4) is 0 Å². The Morgan fingerprint density at radius 1 is 1.07 bits per heavy atom. The highest BCUT2D eigenvalue weighted by molar-refractivity contribution is 6.73. The number of rotatable bonds is 16. The van der Waals surface area contributed by atoms with Crippen LogP contribution >= 0.6 is 0 Å². The first-order chi connectivity index (χ1) is 12.9. The van der Waals surface area contributed by atoms with Gasteiger partial charge in [-0.05, 0) is 43.8 Å². The van der Waals surface area contributed by atoms with Gasteiger partial charge in [0.15, 0.2) is 8.32 Å². The Bertz CT molecular complexity index is 530. The maximum atomic E-state index is 12.2. The summed E-state index contributed by atoms with van der Waals surface area (Å²) >= 11 is 0. The number of Topliss-reactive ketones (excluding diaryl/α,β-unsaturated/α-hetero) is 1. The van der Waals surface area contributed by atoms with E-state index in [2.05, 4.69) is 44.6 Å². The van der Waals surface area contributed by atoms with Crippen LogP contribution in [0.3, 0.4) is 0 Å². The lowest BCUT2D eigenvalue weighted by molar-refractivity contribution is -0.137. The second-order valence-corrected chi connectivity index (χ2v) is 11.6. The predicted octanol–water partition coefficient (Wildman–Crippen LogP) is 5.01. The fraction of sp³-hybridized carbons (Fsp3) is 0.750. The van der Waals surface area contributed by atoms with Crippen LogP contribution in [0.15, 0.2) is 12.2 Å².